The third kappa shape index (κ3) is 5.48. The largest absolute Gasteiger partial charge is 0.432 e. The Labute approximate surface area is 212 Å². The Hall–Kier alpha value is -3.21. The molecule has 1 aliphatic heterocycles. The number of hydrogen-bond acceptors (Lipinski definition) is 2. The van der Waals surface area contributed by atoms with Gasteiger partial charge in [-0.15, -0.1) is 0 Å². The summed E-state index contributed by atoms with van der Waals surface area (Å²) in [5.41, 5.74) is -3.09. The standard InChI is InChI=1S/C27H21F9O2/c1-2-3-15-5-4-13(12-37-15)17-6-7-18(25(33)24(17)32)14-8-19(28)23(20(29)9-14)27(35,36)38-16-10-21(30)26(34)22(31)11-16/h6-11,13,15H,2-5,12H2,1H3. The molecule has 0 radical (unpaired) electrons. The van der Waals surface area contributed by atoms with Crippen LogP contribution in [0.2, 0.25) is 0 Å². The molecule has 1 aliphatic rings. The van der Waals surface area contributed by atoms with Crippen LogP contribution in [0, 0.1) is 40.7 Å². The number of alkyl halides is 2. The van der Waals surface area contributed by atoms with Crippen LogP contribution >= 0.6 is 0 Å². The average molecular weight is 548 g/mol. The molecule has 2 atom stereocenters. The summed E-state index contributed by atoms with van der Waals surface area (Å²) in [5, 5.41) is 0. The van der Waals surface area contributed by atoms with E-state index in [2.05, 4.69) is 4.74 Å². The van der Waals surface area contributed by atoms with E-state index in [0.29, 0.717) is 25.0 Å². The molecule has 0 aromatic heterocycles. The molecule has 0 aliphatic carbocycles. The van der Waals surface area contributed by atoms with Crippen LogP contribution in [0.4, 0.5) is 39.5 Å². The van der Waals surface area contributed by atoms with Crippen molar-refractivity contribution in [3.05, 3.63) is 88.2 Å². The van der Waals surface area contributed by atoms with Crippen molar-refractivity contribution >= 4 is 0 Å². The fourth-order valence-electron chi connectivity index (χ4n) is 4.50. The molecule has 2 nitrogen and oxygen atoms in total. The summed E-state index contributed by atoms with van der Waals surface area (Å²) in [6, 6.07) is 3.16. The van der Waals surface area contributed by atoms with Gasteiger partial charge >= 0.3 is 6.11 Å². The Kier molecular flexibility index (Phi) is 7.96. The van der Waals surface area contributed by atoms with Gasteiger partial charge in [-0.25, -0.2) is 30.7 Å². The first-order valence-electron chi connectivity index (χ1n) is 11.7. The predicted octanol–water partition coefficient (Wildman–Crippen LogP) is 8.52. The zero-order chi connectivity index (χ0) is 27.8. The minimum absolute atomic E-state index is 0.0254. The Bertz CT molecular complexity index is 1290. The van der Waals surface area contributed by atoms with E-state index in [1.165, 1.54) is 6.07 Å². The molecular formula is C27H21F9O2. The summed E-state index contributed by atoms with van der Waals surface area (Å²) in [6.07, 6.45) is -1.80. The van der Waals surface area contributed by atoms with E-state index in [1.54, 1.807) is 0 Å². The molecule has 0 spiro atoms. The lowest BCUT2D eigenvalue weighted by Crippen LogP contribution is -2.25. The molecule has 0 N–H and O–H groups in total. The highest BCUT2D eigenvalue weighted by molar-refractivity contribution is 5.66. The van der Waals surface area contributed by atoms with Crippen LogP contribution < -0.4 is 4.74 Å². The van der Waals surface area contributed by atoms with Crippen LogP contribution in [0.1, 0.15) is 49.7 Å². The molecule has 3 aromatic rings. The molecule has 1 saturated heterocycles. The highest BCUT2D eigenvalue weighted by atomic mass is 19.3. The molecule has 38 heavy (non-hydrogen) atoms. The van der Waals surface area contributed by atoms with Crippen molar-refractivity contribution in [2.45, 2.75) is 50.7 Å². The van der Waals surface area contributed by atoms with Crippen LogP contribution in [0.15, 0.2) is 36.4 Å². The minimum atomic E-state index is -4.81. The maximum atomic E-state index is 15.0. The van der Waals surface area contributed by atoms with Gasteiger partial charge in [0.1, 0.15) is 22.9 Å². The average Bonchev–Trinajstić information content (AvgIpc) is 2.84. The highest BCUT2D eigenvalue weighted by Crippen LogP contribution is 2.39. The van der Waals surface area contributed by atoms with Crippen molar-refractivity contribution in [3.63, 3.8) is 0 Å². The van der Waals surface area contributed by atoms with Crippen LogP contribution in [0.5, 0.6) is 5.75 Å². The Morgan fingerprint density at radius 3 is 2.00 bits per heavy atom. The van der Waals surface area contributed by atoms with Crippen LogP contribution in [-0.4, -0.2) is 12.7 Å². The maximum Gasteiger partial charge on any atom is 0.432 e. The zero-order valence-corrected chi connectivity index (χ0v) is 19.9. The third-order valence-corrected chi connectivity index (χ3v) is 6.38. The second kappa shape index (κ2) is 10.9. The molecule has 0 amide bonds. The van der Waals surface area contributed by atoms with Crippen molar-refractivity contribution in [1.82, 2.24) is 0 Å². The van der Waals surface area contributed by atoms with E-state index in [0.717, 1.165) is 18.9 Å². The Morgan fingerprint density at radius 2 is 1.45 bits per heavy atom. The number of halogens is 9. The quantitative estimate of drug-likeness (QED) is 0.218. The van der Waals surface area contributed by atoms with E-state index >= 15 is 0 Å². The minimum Gasteiger partial charge on any atom is -0.429 e. The van der Waals surface area contributed by atoms with Crippen LogP contribution in [0.25, 0.3) is 11.1 Å². The molecule has 0 bridgehead atoms. The van der Waals surface area contributed by atoms with Crippen molar-refractivity contribution in [3.8, 4) is 16.9 Å². The molecule has 1 fully saturated rings. The normalized spacial score (nSPS) is 18.1. The van der Waals surface area contributed by atoms with E-state index in [4.69, 9.17) is 4.74 Å². The fraction of sp³-hybridized carbons (Fsp3) is 0.333. The van der Waals surface area contributed by atoms with E-state index < -0.39 is 75.2 Å². The lowest BCUT2D eigenvalue weighted by Gasteiger charge is -2.29. The SMILES string of the molecule is CCCC1CCC(c2ccc(-c3cc(F)c(C(F)(F)Oc4cc(F)c(F)c(F)c4)c(F)c3)c(F)c2F)CO1. The third-order valence-electron chi connectivity index (χ3n) is 6.38. The van der Waals surface area contributed by atoms with Gasteiger partial charge in [-0.05, 0) is 42.5 Å². The first-order chi connectivity index (χ1) is 17.9. The first-order valence-corrected chi connectivity index (χ1v) is 11.7. The molecular weight excluding hydrogens is 527 g/mol. The second-order valence-corrected chi connectivity index (χ2v) is 8.98. The molecule has 0 saturated carbocycles. The van der Waals surface area contributed by atoms with E-state index in [9.17, 15) is 39.5 Å². The van der Waals surface area contributed by atoms with Crippen molar-refractivity contribution in [1.29, 1.82) is 0 Å². The van der Waals surface area contributed by atoms with Gasteiger partial charge in [0.05, 0.1) is 12.7 Å². The van der Waals surface area contributed by atoms with Gasteiger partial charge in [-0.2, -0.15) is 8.78 Å². The molecule has 1 heterocycles. The van der Waals surface area contributed by atoms with E-state index in [-0.39, 0.29) is 30.4 Å². The maximum absolute atomic E-state index is 15.0. The van der Waals surface area contributed by atoms with Gasteiger partial charge in [0.15, 0.2) is 29.1 Å². The Balaban J connectivity index is 1.61. The Morgan fingerprint density at radius 1 is 0.816 bits per heavy atom. The van der Waals surface area contributed by atoms with Gasteiger partial charge in [-0.3, -0.25) is 0 Å². The summed E-state index contributed by atoms with van der Waals surface area (Å²) in [4.78, 5) is 0. The van der Waals surface area contributed by atoms with Crippen molar-refractivity contribution < 1.29 is 49.0 Å². The predicted molar refractivity (Wildman–Crippen MR) is 119 cm³/mol. The van der Waals surface area contributed by atoms with Gasteiger partial charge in [0.2, 0.25) is 0 Å². The van der Waals surface area contributed by atoms with Crippen molar-refractivity contribution in [2.75, 3.05) is 6.61 Å². The zero-order valence-electron chi connectivity index (χ0n) is 19.9. The fourth-order valence-corrected chi connectivity index (χ4v) is 4.50. The second-order valence-electron chi connectivity index (χ2n) is 8.98. The molecule has 204 valence electrons. The highest BCUT2D eigenvalue weighted by Gasteiger charge is 2.42. The number of benzene rings is 3. The van der Waals surface area contributed by atoms with Gasteiger partial charge in [-0.1, -0.05) is 25.5 Å². The number of ether oxygens (including phenoxy) is 2. The molecule has 4 rings (SSSR count). The monoisotopic (exact) mass is 548 g/mol. The van der Waals surface area contributed by atoms with Crippen LogP contribution in [-0.2, 0) is 10.8 Å². The summed E-state index contributed by atoms with van der Waals surface area (Å²) in [5.74, 6) is -13.8. The smallest absolute Gasteiger partial charge is 0.429 e. The van der Waals surface area contributed by atoms with Gasteiger partial charge < -0.3 is 9.47 Å². The molecule has 11 heteroatoms. The van der Waals surface area contributed by atoms with Gasteiger partial charge in [0, 0.05) is 23.6 Å². The number of hydrogen-bond donors (Lipinski definition) is 0. The number of rotatable bonds is 7. The summed E-state index contributed by atoms with van der Waals surface area (Å²) >= 11 is 0. The molecule has 3 aromatic carbocycles. The summed E-state index contributed by atoms with van der Waals surface area (Å²) in [6.45, 7) is 2.18. The lowest BCUT2D eigenvalue weighted by atomic mass is 9.88. The topological polar surface area (TPSA) is 18.5 Å². The van der Waals surface area contributed by atoms with Crippen molar-refractivity contribution in [2.24, 2.45) is 0 Å². The summed E-state index contributed by atoms with van der Waals surface area (Å²) in [7, 11) is 0. The molecule has 2 unspecified atom stereocenters. The lowest BCUT2D eigenvalue weighted by molar-refractivity contribution is -0.189. The van der Waals surface area contributed by atoms with Gasteiger partial charge in [0.25, 0.3) is 0 Å². The summed E-state index contributed by atoms with van der Waals surface area (Å²) < 4.78 is 138. The van der Waals surface area contributed by atoms with Crippen LogP contribution in [0.3, 0.4) is 0 Å². The first kappa shape index (κ1) is 27.8. The van der Waals surface area contributed by atoms with E-state index in [1.807, 2.05) is 6.92 Å².